The quantitative estimate of drug-likeness (QED) is 0.516. The van der Waals surface area contributed by atoms with Gasteiger partial charge in [-0.3, -0.25) is 9.55 Å². The van der Waals surface area contributed by atoms with Crippen molar-refractivity contribution in [3.8, 4) is 11.4 Å². The molecular formula is C17H13N5OS. The van der Waals surface area contributed by atoms with Crippen molar-refractivity contribution in [1.82, 2.24) is 24.7 Å². The Morgan fingerprint density at radius 2 is 1.96 bits per heavy atom. The van der Waals surface area contributed by atoms with Gasteiger partial charge in [0, 0.05) is 36.3 Å². The van der Waals surface area contributed by atoms with Gasteiger partial charge in [-0.05, 0) is 24.3 Å². The van der Waals surface area contributed by atoms with Crippen LogP contribution in [-0.2, 0) is 6.54 Å². The van der Waals surface area contributed by atoms with Gasteiger partial charge in [0.15, 0.2) is 11.4 Å². The van der Waals surface area contributed by atoms with Gasteiger partial charge in [0.25, 0.3) is 5.22 Å². The van der Waals surface area contributed by atoms with Gasteiger partial charge in [-0.25, -0.2) is 4.98 Å². The third-order valence-corrected chi connectivity index (χ3v) is 4.25. The van der Waals surface area contributed by atoms with E-state index in [4.69, 9.17) is 4.42 Å². The number of benzene rings is 1. The molecule has 0 saturated heterocycles. The Labute approximate surface area is 142 Å². The van der Waals surface area contributed by atoms with Gasteiger partial charge >= 0.3 is 0 Å². The van der Waals surface area contributed by atoms with E-state index in [0.717, 1.165) is 22.5 Å². The summed E-state index contributed by atoms with van der Waals surface area (Å²) in [4.78, 5) is 8.51. The maximum atomic E-state index is 5.75. The zero-order chi connectivity index (χ0) is 16.4. The molecule has 1 aromatic carbocycles. The molecule has 0 spiro atoms. The van der Waals surface area contributed by atoms with Gasteiger partial charge in [-0.15, -0.1) is 16.8 Å². The summed E-state index contributed by atoms with van der Waals surface area (Å²) in [5, 5.41) is 9.83. The number of hydrogen-bond acceptors (Lipinski definition) is 6. The minimum atomic E-state index is 0.537. The van der Waals surface area contributed by atoms with Crippen molar-refractivity contribution < 1.29 is 4.42 Å². The summed E-state index contributed by atoms with van der Waals surface area (Å²) >= 11 is 1.34. The number of pyridine rings is 1. The highest BCUT2D eigenvalue weighted by Gasteiger charge is 2.16. The van der Waals surface area contributed by atoms with Crippen LogP contribution in [0.2, 0.25) is 0 Å². The van der Waals surface area contributed by atoms with Crippen molar-refractivity contribution in [2.75, 3.05) is 0 Å². The fraction of sp³-hybridized carbons (Fsp3) is 0.0588. The molecule has 0 aliphatic rings. The molecule has 0 radical (unpaired) electrons. The zero-order valence-electron chi connectivity index (χ0n) is 12.7. The third-order valence-electron chi connectivity index (χ3n) is 3.42. The number of nitrogens with zero attached hydrogens (tertiary/aromatic N) is 5. The van der Waals surface area contributed by atoms with E-state index in [-0.39, 0.29) is 0 Å². The van der Waals surface area contributed by atoms with Crippen LogP contribution in [0.3, 0.4) is 0 Å². The summed E-state index contributed by atoms with van der Waals surface area (Å²) in [5.41, 5.74) is 2.53. The van der Waals surface area contributed by atoms with Crippen LogP contribution in [0.15, 0.2) is 76.2 Å². The van der Waals surface area contributed by atoms with E-state index in [2.05, 4.69) is 26.7 Å². The van der Waals surface area contributed by atoms with Crippen molar-refractivity contribution in [3.05, 3.63) is 61.4 Å². The van der Waals surface area contributed by atoms with Gasteiger partial charge in [-0.2, -0.15) is 0 Å². The molecule has 0 amide bonds. The van der Waals surface area contributed by atoms with E-state index in [1.165, 1.54) is 11.8 Å². The molecule has 4 aromatic rings. The molecular weight excluding hydrogens is 322 g/mol. The second-order valence-corrected chi connectivity index (χ2v) is 5.91. The van der Waals surface area contributed by atoms with E-state index in [1.54, 1.807) is 12.4 Å². The molecule has 3 heterocycles. The minimum absolute atomic E-state index is 0.537. The molecule has 0 N–H and O–H groups in total. The number of aromatic nitrogens is 5. The van der Waals surface area contributed by atoms with Crippen LogP contribution in [0.1, 0.15) is 0 Å². The lowest BCUT2D eigenvalue weighted by Gasteiger charge is -2.06. The predicted octanol–water partition coefficient (Wildman–Crippen LogP) is 3.82. The molecule has 3 aromatic heterocycles. The lowest BCUT2D eigenvalue weighted by Crippen LogP contribution is -2.00. The van der Waals surface area contributed by atoms with Crippen LogP contribution in [0, 0.1) is 0 Å². The first kappa shape index (κ1) is 14.6. The highest BCUT2D eigenvalue weighted by atomic mass is 32.2. The lowest BCUT2D eigenvalue weighted by molar-refractivity contribution is 0.488. The molecule has 6 nitrogen and oxygen atoms in total. The van der Waals surface area contributed by atoms with Crippen LogP contribution in [0.5, 0.6) is 0 Å². The van der Waals surface area contributed by atoms with Crippen molar-refractivity contribution in [3.63, 3.8) is 0 Å². The van der Waals surface area contributed by atoms with E-state index in [1.807, 2.05) is 47.0 Å². The Hall–Kier alpha value is -2.93. The largest absolute Gasteiger partial charge is 0.431 e. The highest BCUT2D eigenvalue weighted by Crippen LogP contribution is 2.31. The second-order valence-electron chi connectivity index (χ2n) is 4.99. The second kappa shape index (κ2) is 6.29. The molecule has 118 valence electrons. The van der Waals surface area contributed by atoms with Crippen molar-refractivity contribution in [2.24, 2.45) is 0 Å². The Balaban J connectivity index is 1.72. The van der Waals surface area contributed by atoms with Crippen LogP contribution in [0.25, 0.3) is 22.5 Å². The maximum Gasteiger partial charge on any atom is 0.264 e. The summed E-state index contributed by atoms with van der Waals surface area (Å²) < 4.78 is 7.73. The van der Waals surface area contributed by atoms with Crippen molar-refractivity contribution in [2.45, 2.75) is 16.9 Å². The van der Waals surface area contributed by atoms with Crippen LogP contribution in [0.4, 0.5) is 0 Å². The Morgan fingerprint density at radius 1 is 1.12 bits per heavy atom. The Kier molecular flexibility index (Phi) is 3.84. The first-order valence-electron chi connectivity index (χ1n) is 7.33. The number of rotatable bonds is 5. The van der Waals surface area contributed by atoms with E-state index >= 15 is 0 Å². The molecule has 0 aliphatic heterocycles. The molecule has 0 unspecified atom stereocenters. The molecule has 0 fully saturated rings. The molecule has 24 heavy (non-hydrogen) atoms. The standard InChI is InChI=1S/C17H13N5OS/c1-2-11-22-15(12-7-9-18-10-8-12)20-21-16(22)24-17-19-13-5-3-4-6-14(13)23-17/h2-10H,1,11H2. The highest BCUT2D eigenvalue weighted by molar-refractivity contribution is 7.99. The van der Waals surface area contributed by atoms with Gasteiger partial charge in [0.2, 0.25) is 5.16 Å². The molecule has 4 rings (SSSR count). The number of oxazole rings is 1. The topological polar surface area (TPSA) is 69.6 Å². The lowest BCUT2D eigenvalue weighted by atomic mass is 10.2. The minimum Gasteiger partial charge on any atom is -0.431 e. The van der Waals surface area contributed by atoms with Gasteiger partial charge in [-0.1, -0.05) is 18.2 Å². The molecule has 7 heteroatoms. The van der Waals surface area contributed by atoms with Gasteiger partial charge < -0.3 is 4.42 Å². The fourth-order valence-electron chi connectivity index (χ4n) is 2.35. The number of para-hydroxylation sites is 2. The van der Waals surface area contributed by atoms with Crippen LogP contribution < -0.4 is 0 Å². The predicted molar refractivity (Wildman–Crippen MR) is 91.6 cm³/mol. The van der Waals surface area contributed by atoms with Crippen molar-refractivity contribution in [1.29, 1.82) is 0 Å². The monoisotopic (exact) mass is 335 g/mol. The normalized spacial score (nSPS) is 11.0. The SMILES string of the molecule is C=CCn1c(Sc2nc3ccccc3o2)nnc1-c1ccncc1. The van der Waals surface area contributed by atoms with Crippen LogP contribution in [-0.4, -0.2) is 24.7 Å². The smallest absolute Gasteiger partial charge is 0.264 e. The van der Waals surface area contributed by atoms with E-state index in [0.29, 0.717) is 16.9 Å². The maximum absolute atomic E-state index is 5.75. The number of fused-ring (bicyclic) bond motifs is 1. The van der Waals surface area contributed by atoms with Crippen molar-refractivity contribution >= 4 is 22.9 Å². The molecule has 0 atom stereocenters. The molecule has 0 bridgehead atoms. The molecule has 0 saturated carbocycles. The van der Waals surface area contributed by atoms with E-state index < -0.39 is 0 Å². The Bertz CT molecular complexity index is 960. The summed E-state index contributed by atoms with van der Waals surface area (Å²) in [6, 6.07) is 11.5. The summed E-state index contributed by atoms with van der Waals surface area (Å²) in [7, 11) is 0. The van der Waals surface area contributed by atoms with E-state index in [9.17, 15) is 0 Å². The summed E-state index contributed by atoms with van der Waals surface area (Å²) in [6.45, 7) is 4.41. The summed E-state index contributed by atoms with van der Waals surface area (Å²) in [5.74, 6) is 0.760. The average molecular weight is 335 g/mol. The third kappa shape index (κ3) is 2.69. The average Bonchev–Trinajstić information content (AvgIpc) is 3.20. The number of hydrogen-bond donors (Lipinski definition) is 0. The zero-order valence-corrected chi connectivity index (χ0v) is 13.5. The van der Waals surface area contributed by atoms with Gasteiger partial charge in [0.1, 0.15) is 5.52 Å². The van der Waals surface area contributed by atoms with Crippen LogP contribution >= 0.6 is 11.8 Å². The number of allylic oxidation sites excluding steroid dienone is 1. The fourth-order valence-corrected chi connectivity index (χ4v) is 3.13. The van der Waals surface area contributed by atoms with Gasteiger partial charge in [0.05, 0.1) is 0 Å². The first-order chi connectivity index (χ1) is 11.8. The Morgan fingerprint density at radius 3 is 2.75 bits per heavy atom. The summed E-state index contributed by atoms with van der Waals surface area (Å²) in [6.07, 6.45) is 5.27. The first-order valence-corrected chi connectivity index (χ1v) is 8.15. The molecule has 0 aliphatic carbocycles.